The van der Waals surface area contributed by atoms with Crippen LogP contribution < -0.4 is 9.64 Å². The van der Waals surface area contributed by atoms with Gasteiger partial charge in [0.2, 0.25) is 0 Å². The first-order chi connectivity index (χ1) is 22.1. The number of hydrogen-bond acceptors (Lipinski definition) is 7. The number of carboxylic acids is 1. The van der Waals surface area contributed by atoms with Crippen LogP contribution in [0.1, 0.15) is 71.8 Å². The summed E-state index contributed by atoms with van der Waals surface area (Å²) in [6.45, 7) is 2.36. The molecule has 0 unspecified atom stereocenters. The van der Waals surface area contributed by atoms with Crippen molar-refractivity contribution in [3.05, 3.63) is 76.7 Å². The number of allylic oxidation sites excluding steroid dienone is 1. The zero-order chi connectivity index (χ0) is 32.1. The summed E-state index contributed by atoms with van der Waals surface area (Å²) in [6.07, 6.45) is 3.22. The summed E-state index contributed by atoms with van der Waals surface area (Å²) >= 11 is 0. The lowest BCUT2D eigenvalue weighted by molar-refractivity contribution is -0.137. The lowest BCUT2D eigenvalue weighted by atomic mass is 9.60. The number of nitrogens with zero attached hydrogens (tertiary/aromatic N) is 3. The molecule has 7 rings (SSSR count). The van der Waals surface area contributed by atoms with Crippen molar-refractivity contribution in [3.63, 3.8) is 0 Å². The predicted octanol–water partition coefficient (Wildman–Crippen LogP) is 7.97. The zero-order valence-electron chi connectivity index (χ0n) is 25.4. The molecule has 0 atom stereocenters. The summed E-state index contributed by atoms with van der Waals surface area (Å²) in [6, 6.07) is 12.8. The highest BCUT2D eigenvalue weighted by Crippen LogP contribution is 2.54. The standard InChI is InChI=1S/C35H34F3N3O5/c1-44-14-15-45-30-18-29(33(42)43)39-28-9-8-23(17-25(28)30)41-12-10-34(11-13-41)19-21(20-34)16-26-31(40-46-32(26)22-6-7-22)24-4-2-3-5-27(24)35(36,37)38/h2-5,8-9,16-18,22H,6-7,10-15,19-20H2,1H3,(H,42,43). The van der Waals surface area contributed by atoms with Crippen LogP contribution in [0.2, 0.25) is 0 Å². The van der Waals surface area contributed by atoms with Crippen molar-refractivity contribution in [2.45, 2.75) is 50.6 Å². The summed E-state index contributed by atoms with van der Waals surface area (Å²) in [4.78, 5) is 18.2. The van der Waals surface area contributed by atoms with E-state index in [-0.39, 0.29) is 34.9 Å². The van der Waals surface area contributed by atoms with Gasteiger partial charge in [0.05, 0.1) is 17.7 Å². The van der Waals surface area contributed by atoms with Crippen LogP contribution in [0.3, 0.4) is 0 Å². The Kier molecular flexibility index (Phi) is 7.75. The molecule has 3 aliphatic rings. The van der Waals surface area contributed by atoms with E-state index in [0.29, 0.717) is 29.2 Å². The van der Waals surface area contributed by atoms with Gasteiger partial charge in [-0.1, -0.05) is 28.9 Å². The second kappa shape index (κ2) is 11.8. The predicted molar refractivity (Wildman–Crippen MR) is 166 cm³/mol. The van der Waals surface area contributed by atoms with E-state index in [4.69, 9.17) is 14.0 Å². The first-order valence-corrected chi connectivity index (χ1v) is 15.5. The van der Waals surface area contributed by atoms with E-state index in [2.05, 4.69) is 15.0 Å². The molecule has 46 heavy (non-hydrogen) atoms. The Morgan fingerprint density at radius 1 is 1.11 bits per heavy atom. The first-order valence-electron chi connectivity index (χ1n) is 15.5. The first kappa shape index (κ1) is 30.3. The fraction of sp³-hybridized carbons (Fsp3) is 0.400. The van der Waals surface area contributed by atoms with Crippen molar-refractivity contribution in [3.8, 4) is 17.0 Å². The fourth-order valence-corrected chi connectivity index (χ4v) is 6.87. The van der Waals surface area contributed by atoms with Gasteiger partial charge in [-0.3, -0.25) is 0 Å². The molecule has 1 N–H and O–H groups in total. The highest BCUT2D eigenvalue weighted by molar-refractivity contribution is 5.94. The van der Waals surface area contributed by atoms with E-state index in [1.165, 1.54) is 23.8 Å². The van der Waals surface area contributed by atoms with Crippen LogP contribution in [0.5, 0.6) is 5.75 Å². The Hall–Kier alpha value is -4.38. The highest BCUT2D eigenvalue weighted by Gasteiger charge is 2.44. The number of ether oxygens (including phenoxy) is 2. The van der Waals surface area contributed by atoms with E-state index in [1.54, 1.807) is 13.2 Å². The number of fused-ring (bicyclic) bond motifs is 1. The topological polar surface area (TPSA) is 97.9 Å². The minimum absolute atomic E-state index is 0.0527. The van der Waals surface area contributed by atoms with Gasteiger partial charge >= 0.3 is 12.1 Å². The minimum Gasteiger partial charge on any atom is -0.490 e. The van der Waals surface area contributed by atoms with Gasteiger partial charge in [0.1, 0.15) is 23.8 Å². The number of aromatic carboxylic acids is 1. The van der Waals surface area contributed by atoms with Crippen LogP contribution in [-0.2, 0) is 10.9 Å². The summed E-state index contributed by atoms with van der Waals surface area (Å²) in [5.74, 6) is 0.248. The average molecular weight is 634 g/mol. The van der Waals surface area contributed by atoms with Gasteiger partial charge < -0.3 is 24.0 Å². The van der Waals surface area contributed by atoms with E-state index >= 15 is 0 Å². The maximum absolute atomic E-state index is 13.9. The van der Waals surface area contributed by atoms with Crippen LogP contribution in [0.25, 0.3) is 28.2 Å². The number of hydrogen-bond donors (Lipinski definition) is 1. The molecular formula is C35H34F3N3O5. The molecule has 0 bridgehead atoms. The Labute approximate surface area is 263 Å². The normalized spacial score (nSPS) is 17.7. The number of benzene rings is 2. The van der Waals surface area contributed by atoms with Gasteiger partial charge in [0.25, 0.3) is 0 Å². The third kappa shape index (κ3) is 5.84. The molecular weight excluding hydrogens is 599 g/mol. The molecule has 2 aromatic carbocycles. The number of carboxylic acid groups (broad SMARTS) is 1. The van der Waals surface area contributed by atoms with Crippen molar-refractivity contribution in [1.82, 2.24) is 10.1 Å². The summed E-state index contributed by atoms with van der Waals surface area (Å²) < 4.78 is 58.2. The van der Waals surface area contributed by atoms with Crippen molar-refractivity contribution < 1.29 is 37.1 Å². The number of piperidine rings is 1. The maximum Gasteiger partial charge on any atom is 0.417 e. The van der Waals surface area contributed by atoms with Crippen LogP contribution in [0, 0.1) is 5.41 Å². The zero-order valence-corrected chi connectivity index (χ0v) is 25.4. The summed E-state index contributed by atoms with van der Waals surface area (Å²) in [7, 11) is 1.58. The minimum atomic E-state index is -4.49. The van der Waals surface area contributed by atoms with Crippen LogP contribution in [0.15, 0.2) is 58.6 Å². The monoisotopic (exact) mass is 633 g/mol. The molecule has 1 saturated heterocycles. The fourth-order valence-electron chi connectivity index (χ4n) is 6.87. The lowest BCUT2D eigenvalue weighted by Gasteiger charge is -2.50. The maximum atomic E-state index is 13.9. The van der Waals surface area contributed by atoms with Crippen LogP contribution in [0.4, 0.5) is 18.9 Å². The smallest absolute Gasteiger partial charge is 0.417 e. The molecule has 11 heteroatoms. The Bertz CT molecular complexity index is 1810. The molecule has 1 aliphatic heterocycles. The summed E-state index contributed by atoms with van der Waals surface area (Å²) in [5, 5.41) is 14.4. The van der Waals surface area contributed by atoms with Gasteiger partial charge in [-0.2, -0.15) is 13.2 Å². The molecule has 2 aromatic heterocycles. The third-order valence-electron chi connectivity index (χ3n) is 9.45. The molecule has 4 aromatic rings. The molecule has 2 aliphatic carbocycles. The van der Waals surface area contributed by atoms with Crippen LogP contribution >= 0.6 is 0 Å². The van der Waals surface area contributed by atoms with Crippen molar-refractivity contribution in [2.75, 3.05) is 38.3 Å². The number of alkyl halides is 3. The van der Waals surface area contributed by atoms with Crippen molar-refractivity contribution in [1.29, 1.82) is 0 Å². The molecule has 8 nitrogen and oxygen atoms in total. The van der Waals surface area contributed by atoms with Crippen molar-refractivity contribution >= 4 is 28.6 Å². The number of rotatable bonds is 9. The van der Waals surface area contributed by atoms with E-state index in [0.717, 1.165) is 68.8 Å². The molecule has 2 saturated carbocycles. The number of anilines is 1. The van der Waals surface area contributed by atoms with Gasteiger partial charge in [-0.05, 0) is 74.3 Å². The van der Waals surface area contributed by atoms with Gasteiger partial charge in [0, 0.05) is 54.4 Å². The Morgan fingerprint density at radius 3 is 2.57 bits per heavy atom. The highest BCUT2D eigenvalue weighted by atomic mass is 19.4. The number of halogens is 3. The Balaban J connectivity index is 1.08. The van der Waals surface area contributed by atoms with Gasteiger partial charge in [0.15, 0.2) is 5.69 Å². The van der Waals surface area contributed by atoms with E-state index in [1.807, 2.05) is 24.3 Å². The van der Waals surface area contributed by atoms with E-state index in [9.17, 15) is 23.1 Å². The average Bonchev–Trinajstić information content (AvgIpc) is 3.79. The number of aromatic nitrogens is 2. The van der Waals surface area contributed by atoms with Gasteiger partial charge in [-0.15, -0.1) is 0 Å². The SMILES string of the molecule is COCCOc1cc(C(=O)O)nc2ccc(N3CCC4(CC3)CC(=Cc3c(-c5ccccc5C(F)(F)F)noc3C3CC3)C4)cc12. The molecule has 3 fully saturated rings. The molecule has 1 spiro atoms. The molecule has 0 amide bonds. The lowest BCUT2D eigenvalue weighted by Crippen LogP contribution is -2.44. The number of carbonyl (C=O) groups is 1. The largest absolute Gasteiger partial charge is 0.490 e. The van der Waals surface area contributed by atoms with Crippen molar-refractivity contribution in [2.24, 2.45) is 5.41 Å². The second-order valence-electron chi connectivity index (χ2n) is 12.6. The molecule has 240 valence electrons. The third-order valence-corrected chi connectivity index (χ3v) is 9.45. The molecule has 3 heterocycles. The van der Waals surface area contributed by atoms with E-state index < -0.39 is 17.7 Å². The molecule has 0 radical (unpaired) electrons. The quantitative estimate of drug-likeness (QED) is 0.185. The summed E-state index contributed by atoms with van der Waals surface area (Å²) in [5.41, 5.74) is 3.18. The Morgan fingerprint density at radius 2 is 1.87 bits per heavy atom. The van der Waals surface area contributed by atoms with Crippen LogP contribution in [-0.4, -0.2) is 54.6 Å². The number of pyridine rings is 1. The number of methoxy groups -OCH3 is 1. The van der Waals surface area contributed by atoms with Gasteiger partial charge in [-0.25, -0.2) is 9.78 Å². The second-order valence-corrected chi connectivity index (χ2v) is 12.6.